The first-order valence-corrected chi connectivity index (χ1v) is 13.6. The van der Waals surface area contributed by atoms with Crippen molar-refractivity contribution in [1.29, 1.82) is 0 Å². The molecule has 1 aromatic carbocycles. The molecular weight excluding hydrogens is 440 g/mol. The van der Waals surface area contributed by atoms with E-state index in [9.17, 15) is 13.2 Å². The van der Waals surface area contributed by atoms with E-state index in [4.69, 9.17) is 0 Å². The lowest BCUT2D eigenvalue weighted by Gasteiger charge is -2.41. The molecule has 10 heteroatoms. The molecule has 1 saturated heterocycles. The predicted octanol–water partition coefficient (Wildman–Crippen LogP) is 2.50. The van der Waals surface area contributed by atoms with Crippen molar-refractivity contribution in [2.45, 2.75) is 69.4 Å². The van der Waals surface area contributed by atoms with Crippen molar-refractivity contribution in [3.8, 4) is 0 Å². The molecule has 2 aromatic rings. The van der Waals surface area contributed by atoms with Crippen molar-refractivity contribution in [3.05, 3.63) is 18.2 Å². The summed E-state index contributed by atoms with van der Waals surface area (Å²) in [5.74, 6) is -0.145. The van der Waals surface area contributed by atoms with Gasteiger partial charge in [-0.2, -0.15) is 4.31 Å². The van der Waals surface area contributed by atoms with Crippen LogP contribution >= 0.6 is 0 Å². The van der Waals surface area contributed by atoms with E-state index in [1.165, 1.54) is 39.2 Å². The molecular formula is C23H36N6O3S. The molecule has 2 heterocycles. The lowest BCUT2D eigenvalue weighted by Crippen LogP contribution is -2.54. The normalized spacial score (nSPS) is 19.9. The minimum absolute atomic E-state index is 0.128. The number of nitrogens with zero attached hydrogens (tertiary/aromatic N) is 6. The molecule has 182 valence electrons. The van der Waals surface area contributed by atoms with E-state index in [1.54, 1.807) is 23.1 Å². The molecule has 0 spiro atoms. The van der Waals surface area contributed by atoms with Gasteiger partial charge in [-0.1, -0.05) is 31.4 Å². The van der Waals surface area contributed by atoms with Gasteiger partial charge in [0.15, 0.2) is 0 Å². The van der Waals surface area contributed by atoms with Gasteiger partial charge in [0.25, 0.3) is 0 Å². The third kappa shape index (κ3) is 5.07. The van der Waals surface area contributed by atoms with Crippen LogP contribution in [0.15, 0.2) is 23.1 Å². The summed E-state index contributed by atoms with van der Waals surface area (Å²) >= 11 is 0. The van der Waals surface area contributed by atoms with E-state index in [1.807, 2.05) is 11.6 Å². The largest absolute Gasteiger partial charge is 0.339 e. The number of benzene rings is 1. The Bertz CT molecular complexity index is 1070. The summed E-state index contributed by atoms with van der Waals surface area (Å²) in [7, 11) is -2.35. The number of likely N-dealkylation sites (N-methyl/N-ethyl adjacent to an activating group) is 1. The lowest BCUT2D eigenvalue weighted by molar-refractivity contribution is -0.133. The second kappa shape index (κ2) is 10.1. The second-order valence-corrected chi connectivity index (χ2v) is 11.5. The van der Waals surface area contributed by atoms with Crippen LogP contribution in [0.25, 0.3) is 11.0 Å². The third-order valence-electron chi connectivity index (χ3n) is 7.28. The quantitative estimate of drug-likeness (QED) is 0.610. The molecule has 1 atom stereocenters. The van der Waals surface area contributed by atoms with Crippen LogP contribution in [0.4, 0.5) is 0 Å². The molecule has 9 nitrogen and oxygen atoms in total. The van der Waals surface area contributed by atoms with Gasteiger partial charge in [-0.05, 0) is 44.4 Å². The van der Waals surface area contributed by atoms with E-state index in [2.05, 4.69) is 22.1 Å². The van der Waals surface area contributed by atoms with Crippen molar-refractivity contribution in [3.63, 3.8) is 0 Å². The SMILES string of the molecule is CCC(C)n1nnc2cc(S(=O)(=O)N(C)CC(=O)N3CCN(C4CCCCC4)CC3)ccc21. The van der Waals surface area contributed by atoms with Gasteiger partial charge >= 0.3 is 0 Å². The first-order chi connectivity index (χ1) is 15.8. The van der Waals surface area contributed by atoms with Crippen LogP contribution in [0.5, 0.6) is 0 Å². The Kier molecular flexibility index (Phi) is 7.35. The molecule has 1 aliphatic carbocycles. The summed E-state index contributed by atoms with van der Waals surface area (Å²) in [5.41, 5.74) is 1.34. The van der Waals surface area contributed by atoms with Crippen LogP contribution in [-0.2, 0) is 14.8 Å². The Morgan fingerprint density at radius 1 is 1.15 bits per heavy atom. The molecule has 1 amide bonds. The maximum absolute atomic E-state index is 13.1. The molecule has 0 radical (unpaired) electrons. The second-order valence-electron chi connectivity index (χ2n) is 9.41. The van der Waals surface area contributed by atoms with Crippen LogP contribution in [0, 0.1) is 0 Å². The first kappa shape index (κ1) is 24.1. The van der Waals surface area contributed by atoms with E-state index < -0.39 is 10.0 Å². The third-order valence-corrected chi connectivity index (χ3v) is 9.07. The van der Waals surface area contributed by atoms with Crippen LogP contribution in [0.3, 0.4) is 0 Å². The Morgan fingerprint density at radius 3 is 2.52 bits per heavy atom. The molecule has 0 bridgehead atoms. The summed E-state index contributed by atoms with van der Waals surface area (Å²) in [6.07, 6.45) is 7.34. The lowest BCUT2D eigenvalue weighted by atomic mass is 9.94. The van der Waals surface area contributed by atoms with E-state index in [0.717, 1.165) is 29.3 Å². The number of hydrogen-bond acceptors (Lipinski definition) is 6. The fourth-order valence-corrected chi connectivity index (χ4v) is 6.06. The number of carbonyl (C=O) groups is 1. The molecule has 33 heavy (non-hydrogen) atoms. The first-order valence-electron chi connectivity index (χ1n) is 12.1. The number of rotatable bonds is 7. The zero-order valence-electron chi connectivity index (χ0n) is 20.0. The Labute approximate surface area is 196 Å². The van der Waals surface area contributed by atoms with Crippen LogP contribution in [0.1, 0.15) is 58.4 Å². The van der Waals surface area contributed by atoms with Crippen molar-refractivity contribution < 1.29 is 13.2 Å². The van der Waals surface area contributed by atoms with Crippen molar-refractivity contribution in [1.82, 2.24) is 29.1 Å². The summed E-state index contributed by atoms with van der Waals surface area (Å²) in [4.78, 5) is 17.3. The van der Waals surface area contributed by atoms with Crippen molar-refractivity contribution >= 4 is 27.0 Å². The smallest absolute Gasteiger partial charge is 0.243 e. The number of hydrogen-bond donors (Lipinski definition) is 0. The Hall–Kier alpha value is -2.04. The van der Waals surface area contributed by atoms with Gasteiger partial charge in [0.2, 0.25) is 15.9 Å². The fraction of sp³-hybridized carbons (Fsp3) is 0.696. The average molecular weight is 477 g/mol. The van der Waals surface area contributed by atoms with Gasteiger partial charge in [0.05, 0.1) is 23.0 Å². The van der Waals surface area contributed by atoms with Crippen LogP contribution < -0.4 is 0 Å². The summed E-state index contributed by atoms with van der Waals surface area (Å²) in [6.45, 7) is 7.02. The van der Waals surface area contributed by atoms with E-state index in [-0.39, 0.29) is 23.4 Å². The van der Waals surface area contributed by atoms with Gasteiger partial charge < -0.3 is 4.90 Å². The van der Waals surface area contributed by atoms with Gasteiger partial charge in [-0.3, -0.25) is 9.69 Å². The van der Waals surface area contributed by atoms with Gasteiger partial charge in [-0.15, -0.1) is 5.10 Å². The van der Waals surface area contributed by atoms with Crippen LogP contribution in [0.2, 0.25) is 0 Å². The van der Waals surface area contributed by atoms with E-state index >= 15 is 0 Å². The number of fused-ring (bicyclic) bond motifs is 1. The summed E-state index contributed by atoms with van der Waals surface area (Å²) in [5, 5.41) is 8.33. The number of carbonyl (C=O) groups excluding carboxylic acids is 1. The standard InChI is InChI=1S/C23H36N6O3S/c1-4-18(2)29-22-11-10-20(16-21(22)24-25-29)33(31,32)26(3)17-23(30)28-14-12-27(13-15-28)19-8-6-5-7-9-19/h10-11,16,18-19H,4-9,12-15,17H2,1-3H3. The molecule has 1 aliphatic heterocycles. The van der Waals surface area contributed by atoms with Gasteiger partial charge in [-0.25, -0.2) is 13.1 Å². The molecule has 1 saturated carbocycles. The average Bonchev–Trinajstić information content (AvgIpc) is 3.27. The van der Waals surface area contributed by atoms with Crippen LogP contribution in [-0.4, -0.2) is 89.2 Å². The predicted molar refractivity (Wildman–Crippen MR) is 127 cm³/mol. The summed E-state index contributed by atoms with van der Waals surface area (Å²) in [6, 6.07) is 5.68. The Balaban J connectivity index is 1.38. The molecule has 2 aliphatic rings. The highest BCUT2D eigenvalue weighted by molar-refractivity contribution is 7.89. The zero-order chi connectivity index (χ0) is 23.6. The molecule has 1 unspecified atom stereocenters. The topological polar surface area (TPSA) is 91.6 Å². The minimum Gasteiger partial charge on any atom is -0.339 e. The van der Waals surface area contributed by atoms with Crippen molar-refractivity contribution in [2.24, 2.45) is 0 Å². The molecule has 4 rings (SSSR count). The maximum Gasteiger partial charge on any atom is 0.243 e. The molecule has 2 fully saturated rings. The number of piperazine rings is 1. The molecule has 0 N–H and O–H groups in total. The van der Waals surface area contributed by atoms with Gasteiger partial charge in [0, 0.05) is 39.3 Å². The Morgan fingerprint density at radius 2 is 1.85 bits per heavy atom. The number of sulfonamides is 1. The zero-order valence-corrected chi connectivity index (χ0v) is 20.8. The van der Waals surface area contributed by atoms with Crippen molar-refractivity contribution in [2.75, 3.05) is 39.8 Å². The summed E-state index contributed by atoms with van der Waals surface area (Å²) < 4.78 is 29.2. The minimum atomic E-state index is -3.81. The number of aromatic nitrogens is 3. The fourth-order valence-electron chi connectivity index (χ4n) is 4.92. The van der Waals surface area contributed by atoms with E-state index in [0.29, 0.717) is 24.6 Å². The highest BCUT2D eigenvalue weighted by atomic mass is 32.2. The molecule has 1 aromatic heterocycles. The maximum atomic E-state index is 13.1. The number of amides is 1. The highest BCUT2D eigenvalue weighted by Crippen LogP contribution is 2.25. The monoisotopic (exact) mass is 476 g/mol. The highest BCUT2D eigenvalue weighted by Gasteiger charge is 2.30. The van der Waals surface area contributed by atoms with Gasteiger partial charge in [0.1, 0.15) is 5.52 Å².